The lowest BCUT2D eigenvalue weighted by atomic mass is 10.1. The van der Waals surface area contributed by atoms with Crippen molar-refractivity contribution >= 4 is 17.5 Å². The Morgan fingerprint density at radius 3 is 1.32 bits per heavy atom. The summed E-state index contributed by atoms with van der Waals surface area (Å²) in [7, 11) is 0. The van der Waals surface area contributed by atoms with Crippen LogP contribution in [0.5, 0.6) is 0 Å². The average Bonchev–Trinajstić information content (AvgIpc) is 2.58. The molecule has 0 saturated heterocycles. The first-order chi connectivity index (χ1) is 10.7. The lowest BCUT2D eigenvalue weighted by Crippen LogP contribution is -1.85. The van der Waals surface area contributed by atoms with Gasteiger partial charge in [0.1, 0.15) is 0 Å². The average molecular weight is 288 g/mol. The van der Waals surface area contributed by atoms with Gasteiger partial charge in [-0.2, -0.15) is 0 Å². The van der Waals surface area contributed by atoms with Crippen LogP contribution in [-0.4, -0.2) is 0 Å². The van der Waals surface area contributed by atoms with E-state index in [-0.39, 0.29) is 0 Å². The van der Waals surface area contributed by atoms with Gasteiger partial charge in [-0.3, -0.25) is 0 Å². The minimum absolute atomic E-state index is 0.782. The molecular weight excluding hydrogens is 268 g/mol. The summed E-state index contributed by atoms with van der Waals surface area (Å²) in [5.74, 6) is 0. The summed E-state index contributed by atoms with van der Waals surface area (Å²) in [6.45, 7) is 3.63. The van der Waals surface area contributed by atoms with Gasteiger partial charge in [0.05, 0.1) is 0 Å². The van der Waals surface area contributed by atoms with Crippen molar-refractivity contribution in [2.45, 2.75) is 0 Å². The number of rotatable bonds is 2. The van der Waals surface area contributed by atoms with Crippen LogP contribution in [0.3, 0.4) is 0 Å². The molecule has 3 rings (SSSR count). The molecule has 110 valence electrons. The summed E-state index contributed by atoms with van der Waals surface area (Å²) in [6.07, 6.45) is 1.83. The van der Waals surface area contributed by atoms with E-state index < -0.39 is 0 Å². The lowest BCUT2D eigenvalue weighted by Gasteiger charge is -2.02. The summed E-state index contributed by atoms with van der Waals surface area (Å²) in [4.78, 5) is 0. The van der Waals surface area contributed by atoms with Crippen molar-refractivity contribution in [1.29, 1.82) is 0 Å². The molecule has 0 heterocycles. The van der Waals surface area contributed by atoms with E-state index in [1.54, 1.807) is 0 Å². The Balaban J connectivity index is 0.000000188. The van der Waals surface area contributed by atoms with Gasteiger partial charge >= 0.3 is 0 Å². The maximum atomic E-state index is 5.61. The van der Waals surface area contributed by atoms with Crippen LogP contribution in [0.1, 0.15) is 5.56 Å². The van der Waals surface area contributed by atoms with Gasteiger partial charge in [-0.05, 0) is 41.0 Å². The Morgan fingerprint density at radius 1 is 0.591 bits per heavy atom. The van der Waals surface area contributed by atoms with Crippen LogP contribution in [0, 0.1) is 0 Å². The summed E-state index contributed by atoms with van der Waals surface area (Å²) >= 11 is 0. The predicted octanol–water partition coefficient (Wildman–Crippen LogP) is 4.85. The zero-order valence-corrected chi connectivity index (χ0v) is 12.4. The predicted molar refractivity (Wildman–Crippen MR) is 97.2 cm³/mol. The molecule has 3 aromatic carbocycles. The van der Waals surface area contributed by atoms with Crippen LogP contribution in [0.2, 0.25) is 0 Å². The number of benzene rings is 3. The quantitative estimate of drug-likeness (QED) is 0.662. The molecule has 0 fully saturated rings. The second-order valence-electron chi connectivity index (χ2n) is 4.86. The summed E-state index contributed by atoms with van der Waals surface area (Å²) in [5, 5.41) is 0. The van der Waals surface area contributed by atoms with Gasteiger partial charge in [0.2, 0.25) is 0 Å². The monoisotopic (exact) mass is 288 g/mol. The second kappa shape index (κ2) is 7.70. The van der Waals surface area contributed by atoms with Crippen LogP contribution in [0.4, 0.5) is 11.4 Å². The van der Waals surface area contributed by atoms with Gasteiger partial charge in [-0.15, -0.1) is 0 Å². The molecular formula is C20H20N2. The maximum absolute atomic E-state index is 5.61. The molecule has 0 amide bonds. The van der Waals surface area contributed by atoms with Crippen LogP contribution >= 0.6 is 0 Å². The summed E-state index contributed by atoms with van der Waals surface area (Å²) in [5.41, 5.74) is 16.3. The zero-order valence-electron chi connectivity index (χ0n) is 12.4. The van der Waals surface area contributed by atoms with E-state index in [2.05, 4.69) is 6.58 Å². The van der Waals surface area contributed by atoms with E-state index >= 15 is 0 Å². The molecule has 0 atom stereocenters. The van der Waals surface area contributed by atoms with Crippen molar-refractivity contribution < 1.29 is 0 Å². The zero-order chi connectivity index (χ0) is 15.8. The maximum Gasteiger partial charge on any atom is 0.0314 e. The highest BCUT2D eigenvalue weighted by Crippen LogP contribution is 2.21. The van der Waals surface area contributed by atoms with Crippen molar-refractivity contribution in [3.8, 4) is 11.1 Å². The number of nitrogen functional groups attached to an aromatic ring is 2. The Labute approximate surface area is 131 Å². The first-order valence-electron chi connectivity index (χ1n) is 7.08. The normalized spacial score (nSPS) is 9.45. The van der Waals surface area contributed by atoms with Gasteiger partial charge in [0, 0.05) is 11.4 Å². The molecule has 0 aliphatic rings. The molecule has 0 spiro atoms. The SMILES string of the molecule is C=Cc1ccccc1.Nc1ccc(-c2ccc(N)cc2)cc1. The molecule has 0 aliphatic carbocycles. The van der Waals surface area contributed by atoms with E-state index in [1.165, 1.54) is 5.56 Å². The highest BCUT2D eigenvalue weighted by molar-refractivity contribution is 5.67. The molecule has 0 aliphatic heterocycles. The summed E-state index contributed by atoms with van der Waals surface area (Å²) in [6, 6.07) is 25.6. The highest BCUT2D eigenvalue weighted by atomic mass is 14.5. The Kier molecular flexibility index (Phi) is 5.38. The molecule has 22 heavy (non-hydrogen) atoms. The van der Waals surface area contributed by atoms with E-state index in [1.807, 2.05) is 84.9 Å². The standard InChI is InChI=1S/C12H12N2.C8H8/c13-11-5-1-9(2-6-11)10-3-7-12(14)8-4-10;1-2-8-6-4-3-5-7-8/h1-8H,13-14H2;2-7H,1H2. The molecule has 0 unspecified atom stereocenters. The largest absolute Gasteiger partial charge is 0.399 e. The fourth-order valence-electron chi connectivity index (χ4n) is 1.94. The Bertz CT molecular complexity index is 655. The van der Waals surface area contributed by atoms with Gasteiger partial charge in [0.25, 0.3) is 0 Å². The topological polar surface area (TPSA) is 52.0 Å². The second-order valence-corrected chi connectivity index (χ2v) is 4.86. The number of anilines is 2. The van der Waals surface area contributed by atoms with Crippen molar-refractivity contribution in [3.05, 3.63) is 91.0 Å². The summed E-state index contributed by atoms with van der Waals surface area (Å²) < 4.78 is 0. The molecule has 4 N–H and O–H groups in total. The molecule has 3 aromatic rings. The van der Waals surface area contributed by atoms with Crippen molar-refractivity contribution in [2.75, 3.05) is 11.5 Å². The minimum atomic E-state index is 0.782. The third kappa shape index (κ3) is 4.53. The third-order valence-corrected chi connectivity index (χ3v) is 3.19. The molecule has 2 nitrogen and oxygen atoms in total. The first-order valence-corrected chi connectivity index (χ1v) is 7.08. The van der Waals surface area contributed by atoms with Gasteiger partial charge < -0.3 is 11.5 Å². The molecule has 2 heteroatoms. The van der Waals surface area contributed by atoms with Gasteiger partial charge in [-0.25, -0.2) is 0 Å². The Morgan fingerprint density at radius 2 is 1.00 bits per heavy atom. The van der Waals surface area contributed by atoms with E-state index in [4.69, 9.17) is 11.5 Å². The minimum Gasteiger partial charge on any atom is -0.399 e. The number of nitrogens with two attached hydrogens (primary N) is 2. The van der Waals surface area contributed by atoms with Crippen LogP contribution in [0.25, 0.3) is 17.2 Å². The van der Waals surface area contributed by atoms with Crippen molar-refractivity contribution in [3.63, 3.8) is 0 Å². The number of hydrogen-bond donors (Lipinski definition) is 2. The molecule has 0 saturated carbocycles. The van der Waals surface area contributed by atoms with Crippen LogP contribution in [-0.2, 0) is 0 Å². The van der Waals surface area contributed by atoms with Crippen LogP contribution < -0.4 is 11.5 Å². The highest BCUT2D eigenvalue weighted by Gasteiger charge is 1.95. The molecule has 0 radical (unpaired) electrons. The van der Waals surface area contributed by atoms with E-state index in [9.17, 15) is 0 Å². The fraction of sp³-hybridized carbons (Fsp3) is 0. The smallest absolute Gasteiger partial charge is 0.0314 e. The lowest BCUT2D eigenvalue weighted by molar-refractivity contribution is 1.61. The molecule has 0 bridgehead atoms. The third-order valence-electron chi connectivity index (χ3n) is 3.19. The number of hydrogen-bond acceptors (Lipinski definition) is 2. The van der Waals surface area contributed by atoms with Gasteiger partial charge in [0.15, 0.2) is 0 Å². The Hall–Kier alpha value is -3.00. The van der Waals surface area contributed by atoms with Crippen molar-refractivity contribution in [2.24, 2.45) is 0 Å². The van der Waals surface area contributed by atoms with Gasteiger partial charge in [-0.1, -0.05) is 67.3 Å². The molecule has 0 aromatic heterocycles. The first kappa shape index (κ1) is 15.4. The van der Waals surface area contributed by atoms with E-state index in [0.717, 1.165) is 22.5 Å². The fourth-order valence-corrected chi connectivity index (χ4v) is 1.94. The van der Waals surface area contributed by atoms with E-state index in [0.29, 0.717) is 0 Å². The van der Waals surface area contributed by atoms with Crippen molar-refractivity contribution in [1.82, 2.24) is 0 Å². The van der Waals surface area contributed by atoms with Crippen LogP contribution in [0.15, 0.2) is 85.4 Å².